The molecular formula is C34H27N3O7S. The number of carbonyl (C=O) groups is 1. The van der Waals surface area contributed by atoms with Gasteiger partial charge in [-0.25, -0.2) is 9.79 Å². The van der Waals surface area contributed by atoms with Crippen molar-refractivity contribution in [3.05, 3.63) is 143 Å². The predicted octanol–water partition coefficient (Wildman–Crippen LogP) is 5.42. The number of ether oxygens (including phenoxy) is 2. The van der Waals surface area contributed by atoms with Crippen molar-refractivity contribution < 1.29 is 23.6 Å². The van der Waals surface area contributed by atoms with Gasteiger partial charge in [0.25, 0.3) is 11.2 Å². The second-order valence-corrected chi connectivity index (χ2v) is 11.1. The largest absolute Gasteiger partial charge is 0.497 e. The van der Waals surface area contributed by atoms with E-state index in [0.717, 1.165) is 0 Å². The van der Waals surface area contributed by atoms with Crippen molar-refractivity contribution in [2.75, 3.05) is 13.7 Å². The zero-order valence-corrected chi connectivity index (χ0v) is 25.4. The Morgan fingerprint density at radius 3 is 2.60 bits per heavy atom. The van der Waals surface area contributed by atoms with Crippen LogP contribution in [0.25, 0.3) is 23.1 Å². The molecule has 3 heterocycles. The fourth-order valence-electron chi connectivity index (χ4n) is 5.36. The van der Waals surface area contributed by atoms with E-state index in [9.17, 15) is 19.7 Å². The predicted molar refractivity (Wildman–Crippen MR) is 170 cm³/mol. The number of nitro groups is 1. The number of esters is 1. The summed E-state index contributed by atoms with van der Waals surface area (Å²) in [6.07, 6.45) is 1.61. The van der Waals surface area contributed by atoms with Crippen molar-refractivity contribution in [2.45, 2.75) is 19.9 Å². The maximum Gasteiger partial charge on any atom is 0.338 e. The van der Waals surface area contributed by atoms with Crippen LogP contribution < -0.4 is 19.6 Å². The van der Waals surface area contributed by atoms with E-state index < -0.39 is 16.9 Å². The molecule has 11 heteroatoms. The van der Waals surface area contributed by atoms with Gasteiger partial charge in [-0.1, -0.05) is 65.9 Å². The van der Waals surface area contributed by atoms with Crippen LogP contribution in [0.4, 0.5) is 5.69 Å². The van der Waals surface area contributed by atoms with E-state index >= 15 is 0 Å². The molecule has 3 aromatic carbocycles. The van der Waals surface area contributed by atoms with E-state index in [0.29, 0.717) is 54.6 Å². The molecule has 1 atom stereocenters. The normalized spacial score (nSPS) is 14.6. The number of aromatic nitrogens is 1. The minimum Gasteiger partial charge on any atom is -0.497 e. The first-order valence-electron chi connectivity index (χ1n) is 14.1. The molecule has 0 aliphatic carbocycles. The molecule has 0 saturated carbocycles. The van der Waals surface area contributed by atoms with Gasteiger partial charge in [0.1, 0.15) is 17.3 Å². The molecule has 1 aliphatic rings. The topological polar surface area (TPSA) is 126 Å². The number of hydrogen-bond acceptors (Lipinski definition) is 9. The summed E-state index contributed by atoms with van der Waals surface area (Å²) in [7, 11) is 1.55. The van der Waals surface area contributed by atoms with Crippen molar-refractivity contribution in [3.63, 3.8) is 0 Å². The number of fused-ring (bicyclic) bond motifs is 1. The van der Waals surface area contributed by atoms with Crippen LogP contribution in [0.1, 0.15) is 35.4 Å². The Bertz CT molecular complexity index is 2160. The first kappa shape index (κ1) is 29.5. The van der Waals surface area contributed by atoms with Gasteiger partial charge in [0, 0.05) is 28.8 Å². The molecule has 0 amide bonds. The number of methoxy groups -OCH3 is 1. The Morgan fingerprint density at radius 1 is 1.09 bits per heavy atom. The molecule has 0 unspecified atom stereocenters. The number of benzene rings is 3. The number of hydrogen-bond donors (Lipinski definition) is 0. The Hall–Kier alpha value is -5.55. The van der Waals surface area contributed by atoms with Gasteiger partial charge in [-0.05, 0) is 43.7 Å². The van der Waals surface area contributed by atoms with Crippen LogP contribution in [0.2, 0.25) is 0 Å². The summed E-state index contributed by atoms with van der Waals surface area (Å²) in [5.41, 5.74) is 2.67. The molecular weight excluding hydrogens is 594 g/mol. The van der Waals surface area contributed by atoms with Crippen molar-refractivity contribution >= 4 is 34.8 Å². The van der Waals surface area contributed by atoms with Crippen LogP contribution in [-0.2, 0) is 9.53 Å². The Balaban J connectivity index is 1.55. The number of nitrogens with zero attached hydrogens (tertiary/aromatic N) is 3. The van der Waals surface area contributed by atoms with E-state index in [1.807, 2.05) is 36.4 Å². The third-order valence-electron chi connectivity index (χ3n) is 7.45. The van der Waals surface area contributed by atoms with Crippen molar-refractivity contribution in [1.82, 2.24) is 4.57 Å². The summed E-state index contributed by atoms with van der Waals surface area (Å²) in [5.74, 6) is 0.799. The van der Waals surface area contributed by atoms with Crippen LogP contribution >= 0.6 is 11.3 Å². The van der Waals surface area contributed by atoms with Crippen molar-refractivity contribution in [2.24, 2.45) is 4.99 Å². The smallest absolute Gasteiger partial charge is 0.338 e. The molecule has 0 saturated heterocycles. The Morgan fingerprint density at radius 2 is 1.87 bits per heavy atom. The molecule has 226 valence electrons. The van der Waals surface area contributed by atoms with Crippen LogP contribution in [0.3, 0.4) is 0 Å². The standard InChI is InChI=1S/C34H27N3O7S/c1-4-43-33(39)29-30(21-10-6-5-7-11-21)35-34-36(31(29)22-12-8-13-23(18-22)42-3)32(38)28(45-34)19-24-16-17-27(44-24)25-14-9-15-26(20(25)2)37(40)41/h5-19,31H,4H2,1-3H3/b28-19-/t31-/m1/s1. The minimum absolute atomic E-state index is 0.0112. The van der Waals surface area contributed by atoms with Crippen LogP contribution in [0, 0.1) is 17.0 Å². The maximum atomic E-state index is 14.1. The summed E-state index contributed by atoms with van der Waals surface area (Å²) in [6, 6.07) is 23.8. The highest BCUT2D eigenvalue weighted by Gasteiger charge is 2.35. The van der Waals surface area contributed by atoms with Crippen molar-refractivity contribution in [3.8, 4) is 17.1 Å². The van der Waals surface area contributed by atoms with Gasteiger partial charge in [0.05, 0.1) is 40.5 Å². The average molecular weight is 622 g/mol. The second kappa shape index (κ2) is 12.2. The number of furan rings is 1. The second-order valence-electron chi connectivity index (χ2n) is 10.1. The van der Waals surface area contributed by atoms with Crippen molar-refractivity contribution in [1.29, 1.82) is 0 Å². The summed E-state index contributed by atoms with van der Waals surface area (Å²) in [6.45, 7) is 3.53. The zero-order valence-electron chi connectivity index (χ0n) is 24.6. The van der Waals surface area contributed by atoms with Gasteiger partial charge < -0.3 is 13.9 Å². The first-order valence-corrected chi connectivity index (χ1v) is 14.9. The SMILES string of the molecule is CCOC(=O)C1=C(c2ccccc2)N=c2s/c(=C\c3ccc(-c4cccc([N+](=O)[O-])c4C)o3)c(=O)n2[C@@H]1c1cccc(OC)c1. The average Bonchev–Trinajstić information content (AvgIpc) is 3.64. The molecule has 1 aliphatic heterocycles. The van der Waals surface area contributed by atoms with E-state index in [1.54, 1.807) is 69.5 Å². The van der Waals surface area contributed by atoms with E-state index in [1.165, 1.54) is 22.0 Å². The van der Waals surface area contributed by atoms with Gasteiger partial charge in [-0.2, -0.15) is 0 Å². The van der Waals surface area contributed by atoms with Gasteiger partial charge in [-0.15, -0.1) is 0 Å². The molecule has 10 nitrogen and oxygen atoms in total. The zero-order chi connectivity index (χ0) is 31.7. The molecule has 0 radical (unpaired) electrons. The molecule has 2 aromatic heterocycles. The first-order chi connectivity index (χ1) is 21.8. The molecule has 45 heavy (non-hydrogen) atoms. The van der Waals surface area contributed by atoms with Crippen LogP contribution in [0.15, 0.2) is 105 Å². The van der Waals surface area contributed by atoms with Gasteiger partial charge in [0.2, 0.25) is 0 Å². The monoisotopic (exact) mass is 621 g/mol. The van der Waals surface area contributed by atoms with Crippen LogP contribution in [0.5, 0.6) is 5.75 Å². The Kier molecular flexibility index (Phi) is 8.01. The summed E-state index contributed by atoms with van der Waals surface area (Å²) in [4.78, 5) is 44.0. The molecule has 0 bridgehead atoms. The lowest BCUT2D eigenvalue weighted by Gasteiger charge is -2.26. The quantitative estimate of drug-likeness (QED) is 0.129. The number of rotatable bonds is 8. The van der Waals surface area contributed by atoms with Gasteiger partial charge in [0.15, 0.2) is 4.80 Å². The molecule has 6 rings (SSSR count). The summed E-state index contributed by atoms with van der Waals surface area (Å²) < 4.78 is 18.9. The maximum absolute atomic E-state index is 14.1. The summed E-state index contributed by atoms with van der Waals surface area (Å²) >= 11 is 1.17. The lowest BCUT2D eigenvalue weighted by molar-refractivity contribution is -0.385. The third-order valence-corrected chi connectivity index (χ3v) is 8.43. The van der Waals surface area contributed by atoms with Gasteiger partial charge in [-0.3, -0.25) is 19.5 Å². The lowest BCUT2D eigenvalue weighted by Crippen LogP contribution is -2.40. The highest BCUT2D eigenvalue weighted by Crippen LogP contribution is 2.36. The highest BCUT2D eigenvalue weighted by atomic mass is 32.1. The molecule has 0 spiro atoms. The molecule has 0 N–H and O–H groups in total. The van der Waals surface area contributed by atoms with E-state index in [-0.39, 0.29) is 23.4 Å². The number of thiazole rings is 1. The van der Waals surface area contributed by atoms with E-state index in [2.05, 4.69) is 0 Å². The molecule has 0 fully saturated rings. The lowest BCUT2D eigenvalue weighted by atomic mass is 9.93. The minimum atomic E-state index is -0.854. The number of nitro benzene ring substituents is 1. The fraction of sp³-hybridized carbons (Fsp3) is 0.147. The highest BCUT2D eigenvalue weighted by molar-refractivity contribution is 7.07. The molecule has 5 aromatic rings. The van der Waals surface area contributed by atoms with Crippen LogP contribution in [-0.4, -0.2) is 29.2 Å². The van der Waals surface area contributed by atoms with E-state index in [4.69, 9.17) is 18.9 Å². The summed E-state index contributed by atoms with van der Waals surface area (Å²) in [5, 5.41) is 11.5. The third kappa shape index (κ3) is 5.49. The number of carbonyl (C=O) groups excluding carboxylic acids is 1. The Labute approximate surface area is 261 Å². The van der Waals surface area contributed by atoms with Gasteiger partial charge >= 0.3 is 5.97 Å². The fourth-order valence-corrected chi connectivity index (χ4v) is 6.34.